The highest BCUT2D eigenvalue weighted by molar-refractivity contribution is 5.85. The first-order valence-corrected chi connectivity index (χ1v) is 12.8. The molecule has 0 radical (unpaired) electrons. The summed E-state index contributed by atoms with van der Waals surface area (Å²) in [5.41, 5.74) is 7.03. The summed E-state index contributed by atoms with van der Waals surface area (Å²) in [7, 11) is 0. The number of carbonyl (C=O) groups excluding carboxylic acids is 1. The van der Waals surface area contributed by atoms with Crippen LogP contribution in [0.3, 0.4) is 0 Å². The van der Waals surface area contributed by atoms with Crippen LogP contribution in [0, 0.1) is 0 Å². The zero-order chi connectivity index (χ0) is 27.6. The van der Waals surface area contributed by atoms with E-state index < -0.39 is 23.5 Å². The van der Waals surface area contributed by atoms with E-state index in [0.717, 1.165) is 11.1 Å². The van der Waals surface area contributed by atoms with Crippen LogP contribution in [-0.4, -0.2) is 60.2 Å². The van der Waals surface area contributed by atoms with Crippen molar-refractivity contribution in [2.45, 2.75) is 50.3 Å². The van der Waals surface area contributed by atoms with E-state index in [9.17, 15) is 23.5 Å². The van der Waals surface area contributed by atoms with Crippen LogP contribution in [0.15, 0.2) is 71.9 Å². The van der Waals surface area contributed by atoms with Crippen LogP contribution < -0.4 is 11.3 Å². The summed E-state index contributed by atoms with van der Waals surface area (Å²) >= 11 is 0. The Bertz CT molecular complexity index is 1500. The molecule has 2 aromatic carbocycles. The number of fused-ring (bicyclic) bond motifs is 1. The van der Waals surface area contributed by atoms with Gasteiger partial charge in [-0.15, -0.1) is 12.4 Å². The smallest absolute Gasteiger partial charge is 0.296 e. The lowest BCUT2D eigenvalue weighted by Gasteiger charge is -2.38. The molecule has 1 saturated heterocycles. The van der Waals surface area contributed by atoms with E-state index >= 15 is 0 Å². The Hall–Kier alpha value is -3.67. The van der Waals surface area contributed by atoms with E-state index in [2.05, 4.69) is 10.1 Å². The molecule has 9 nitrogen and oxygen atoms in total. The van der Waals surface area contributed by atoms with Crippen molar-refractivity contribution in [3.63, 3.8) is 0 Å². The van der Waals surface area contributed by atoms with Crippen LogP contribution in [0.25, 0.3) is 16.9 Å². The van der Waals surface area contributed by atoms with Gasteiger partial charge in [0.15, 0.2) is 0 Å². The van der Waals surface area contributed by atoms with Crippen LogP contribution in [0.4, 0.5) is 8.78 Å². The highest BCUT2D eigenvalue weighted by Crippen LogP contribution is 2.30. The summed E-state index contributed by atoms with van der Waals surface area (Å²) < 4.78 is 30.2. The van der Waals surface area contributed by atoms with Gasteiger partial charge in [-0.2, -0.15) is 5.10 Å². The minimum absolute atomic E-state index is 0. The van der Waals surface area contributed by atoms with Gasteiger partial charge < -0.3 is 15.7 Å². The highest BCUT2D eigenvalue weighted by atomic mass is 35.5. The number of imidazole rings is 1. The summed E-state index contributed by atoms with van der Waals surface area (Å²) in [5.74, 6) is -1.57. The topological polar surface area (TPSA) is 119 Å². The number of aliphatic hydroxyl groups is 1. The Labute approximate surface area is 235 Å². The van der Waals surface area contributed by atoms with E-state index in [1.54, 1.807) is 36.5 Å². The molecule has 3 N–H and O–H groups in total. The number of likely N-dealkylation sites (tertiary alicyclic amines) is 1. The van der Waals surface area contributed by atoms with Crippen molar-refractivity contribution in [1.29, 1.82) is 0 Å². The minimum Gasteiger partial charge on any atom is -0.388 e. The number of benzene rings is 2. The molecule has 4 aromatic rings. The number of hydrogen-bond donors (Lipinski definition) is 2. The Balaban J connectivity index is 0.00000370. The third-order valence-electron chi connectivity index (χ3n) is 7.42. The van der Waals surface area contributed by atoms with Crippen LogP contribution in [0.2, 0.25) is 0 Å². The maximum absolute atomic E-state index is 13.7. The van der Waals surface area contributed by atoms with Crippen molar-refractivity contribution in [2.24, 2.45) is 5.73 Å². The molecule has 0 aliphatic carbocycles. The maximum atomic E-state index is 13.7. The number of nitrogens with zero attached hydrogens (tertiary/aromatic N) is 5. The number of piperidine rings is 1. The maximum Gasteiger partial charge on any atom is 0.296 e. The average molecular weight is 573 g/mol. The van der Waals surface area contributed by atoms with Crippen LogP contribution in [0.5, 0.6) is 0 Å². The molecule has 0 bridgehead atoms. The molecule has 1 amide bonds. The normalized spacial score (nSPS) is 15.7. The zero-order valence-electron chi connectivity index (χ0n) is 21.7. The average Bonchev–Trinajstić information content (AvgIpc) is 3.39. The summed E-state index contributed by atoms with van der Waals surface area (Å²) in [6.07, 6.45) is 0.379. The molecular formula is C28H31ClF2N6O3. The van der Waals surface area contributed by atoms with Gasteiger partial charge in [0, 0.05) is 31.6 Å². The largest absolute Gasteiger partial charge is 0.388 e. The first-order valence-electron chi connectivity index (χ1n) is 12.8. The van der Waals surface area contributed by atoms with Gasteiger partial charge in [-0.3, -0.25) is 14.2 Å². The van der Waals surface area contributed by atoms with Crippen molar-refractivity contribution >= 4 is 24.0 Å². The predicted octanol–water partition coefficient (Wildman–Crippen LogP) is 3.23. The molecule has 12 heteroatoms. The fraction of sp³-hybridized carbons (Fsp3) is 0.357. The zero-order valence-corrected chi connectivity index (χ0v) is 22.5. The van der Waals surface area contributed by atoms with Crippen molar-refractivity contribution in [3.8, 4) is 11.3 Å². The van der Waals surface area contributed by atoms with Gasteiger partial charge in [-0.1, -0.05) is 54.6 Å². The minimum atomic E-state index is -2.67. The molecule has 1 fully saturated rings. The van der Waals surface area contributed by atoms with Crippen LogP contribution >= 0.6 is 12.4 Å². The van der Waals surface area contributed by atoms with E-state index in [-0.39, 0.29) is 62.9 Å². The molecule has 0 spiro atoms. The van der Waals surface area contributed by atoms with E-state index in [0.29, 0.717) is 17.8 Å². The van der Waals surface area contributed by atoms with Gasteiger partial charge in [-0.25, -0.2) is 18.3 Å². The number of alkyl halides is 2. The first kappa shape index (κ1) is 29.3. The molecule has 2 aromatic heterocycles. The Kier molecular flexibility index (Phi) is 8.97. The number of halogens is 3. The lowest BCUT2D eigenvalue weighted by molar-refractivity contribution is -0.137. The second kappa shape index (κ2) is 12.2. The van der Waals surface area contributed by atoms with Crippen LogP contribution in [0.1, 0.15) is 36.3 Å². The first-order chi connectivity index (χ1) is 18.8. The van der Waals surface area contributed by atoms with E-state index in [4.69, 9.17) is 5.73 Å². The molecule has 212 valence electrons. The molecule has 1 aliphatic heterocycles. The van der Waals surface area contributed by atoms with E-state index in [1.807, 2.05) is 24.3 Å². The van der Waals surface area contributed by atoms with Gasteiger partial charge in [-0.05, 0) is 24.0 Å². The number of nitrogens with two attached hydrogens (primary N) is 1. The standard InChI is InChI=1S/C28H30F2N6O3.ClH/c29-25(30)22(20-4-2-1-3-5-20)14-24(37)34-12-10-28(39,11-13-34)17-35-18-33-36-23(16-32-26(36)27(35)38)21-8-6-19(15-31)7-9-21;/h1-9,16,18,22,25,39H,10-15,17,31H2;1H. The van der Waals surface area contributed by atoms with Crippen molar-refractivity contribution in [2.75, 3.05) is 13.1 Å². The predicted molar refractivity (Wildman–Crippen MR) is 148 cm³/mol. The summed E-state index contributed by atoms with van der Waals surface area (Å²) in [6, 6.07) is 15.9. The molecule has 0 saturated carbocycles. The number of carbonyl (C=O) groups is 1. The summed E-state index contributed by atoms with van der Waals surface area (Å²) in [4.78, 5) is 31.8. The molecule has 1 unspecified atom stereocenters. The van der Waals surface area contributed by atoms with Gasteiger partial charge in [0.1, 0.15) is 6.33 Å². The number of hydrogen-bond acceptors (Lipinski definition) is 6. The molecule has 3 heterocycles. The molecular weight excluding hydrogens is 542 g/mol. The molecule has 1 atom stereocenters. The monoisotopic (exact) mass is 572 g/mol. The quantitative estimate of drug-likeness (QED) is 0.335. The number of rotatable bonds is 8. The van der Waals surface area contributed by atoms with Gasteiger partial charge >= 0.3 is 0 Å². The SMILES string of the molecule is Cl.NCc1ccc(-c2cnc3c(=O)n(CC4(O)CCN(C(=O)CC(c5ccccc5)C(F)F)CC4)cnn23)cc1. The second-order valence-corrected chi connectivity index (χ2v) is 10.0. The van der Waals surface area contributed by atoms with Crippen molar-refractivity contribution in [3.05, 3.63) is 88.6 Å². The number of amides is 1. The highest BCUT2D eigenvalue weighted by Gasteiger charge is 2.36. The third kappa shape index (κ3) is 6.06. The fourth-order valence-corrected chi connectivity index (χ4v) is 5.04. The molecule has 1 aliphatic rings. The second-order valence-electron chi connectivity index (χ2n) is 10.0. The van der Waals surface area contributed by atoms with Gasteiger partial charge in [0.2, 0.25) is 18.0 Å². The lowest BCUT2D eigenvalue weighted by atomic mass is 9.90. The summed E-state index contributed by atoms with van der Waals surface area (Å²) in [6.45, 7) is 0.817. The van der Waals surface area contributed by atoms with Crippen molar-refractivity contribution < 1.29 is 18.7 Å². The molecule has 5 rings (SSSR count). The Morgan fingerprint density at radius 2 is 1.75 bits per heavy atom. The summed E-state index contributed by atoms with van der Waals surface area (Å²) in [5, 5.41) is 15.6. The Morgan fingerprint density at radius 3 is 2.38 bits per heavy atom. The molecule has 40 heavy (non-hydrogen) atoms. The van der Waals surface area contributed by atoms with E-state index in [1.165, 1.54) is 20.3 Å². The third-order valence-corrected chi connectivity index (χ3v) is 7.42. The van der Waals surface area contributed by atoms with Crippen molar-refractivity contribution in [1.82, 2.24) is 24.1 Å². The fourth-order valence-electron chi connectivity index (χ4n) is 5.04. The lowest BCUT2D eigenvalue weighted by Crippen LogP contribution is -2.50. The number of aromatic nitrogens is 4. The van der Waals surface area contributed by atoms with Gasteiger partial charge in [0.25, 0.3) is 5.56 Å². The van der Waals surface area contributed by atoms with Gasteiger partial charge in [0.05, 0.1) is 30.0 Å². The Morgan fingerprint density at radius 1 is 1.07 bits per heavy atom. The van der Waals surface area contributed by atoms with Crippen LogP contribution in [-0.2, 0) is 17.9 Å².